The average Bonchev–Trinajstić information content (AvgIpc) is 3.45. The number of amides is 1. The van der Waals surface area contributed by atoms with E-state index in [1.165, 1.54) is 7.11 Å². The van der Waals surface area contributed by atoms with Gasteiger partial charge in [-0.1, -0.05) is 6.07 Å². The third kappa shape index (κ3) is 5.11. The zero-order valence-corrected chi connectivity index (χ0v) is 15.8. The van der Waals surface area contributed by atoms with Gasteiger partial charge in [0.05, 0.1) is 20.3 Å². The molecule has 1 saturated carbocycles. The molecule has 1 aliphatic carbocycles. The largest absolute Gasteiger partial charge is 0.493 e. The molecule has 1 amide bonds. The van der Waals surface area contributed by atoms with Gasteiger partial charge in [-0.15, -0.1) is 0 Å². The number of hydrogen-bond acceptors (Lipinski definition) is 6. The summed E-state index contributed by atoms with van der Waals surface area (Å²) in [5, 5.41) is 0. The number of benzene rings is 1. The Labute approximate surface area is 154 Å². The van der Waals surface area contributed by atoms with Crippen LogP contribution < -0.4 is 9.47 Å². The Balaban J connectivity index is 2.09. The van der Waals surface area contributed by atoms with Crippen LogP contribution in [0.5, 0.6) is 11.5 Å². The Kier molecular flexibility index (Phi) is 7.26. The summed E-state index contributed by atoms with van der Waals surface area (Å²) in [6.45, 7) is 3.84. The topological polar surface area (TPSA) is 74.3 Å². The third-order valence-corrected chi connectivity index (χ3v) is 4.12. The Hall–Kier alpha value is -2.28. The predicted octanol–water partition coefficient (Wildman–Crippen LogP) is 1.95. The molecule has 0 saturated heterocycles. The third-order valence-electron chi connectivity index (χ3n) is 4.12. The number of esters is 1. The molecule has 2 rings (SSSR count). The lowest BCUT2D eigenvalue weighted by atomic mass is 10.2. The lowest BCUT2D eigenvalue weighted by molar-refractivity contribution is -0.158. The highest BCUT2D eigenvalue weighted by molar-refractivity contribution is 5.86. The first kappa shape index (κ1) is 20.0. The summed E-state index contributed by atoms with van der Waals surface area (Å²) in [4.78, 5) is 26.6. The number of carbonyl (C=O) groups excluding carboxylic acids is 2. The highest BCUT2D eigenvalue weighted by atomic mass is 16.5. The maximum absolute atomic E-state index is 12.8. The molecule has 7 nitrogen and oxygen atoms in total. The van der Waals surface area contributed by atoms with E-state index in [0.717, 1.165) is 18.4 Å². The smallest absolute Gasteiger partial charge is 0.331 e. The molecule has 0 N–H and O–H groups in total. The van der Waals surface area contributed by atoms with Crippen molar-refractivity contribution in [2.24, 2.45) is 0 Å². The molecule has 1 fully saturated rings. The molecule has 0 aromatic heterocycles. The molecule has 1 aromatic carbocycles. The van der Waals surface area contributed by atoms with Crippen LogP contribution in [0.4, 0.5) is 0 Å². The zero-order valence-electron chi connectivity index (χ0n) is 15.8. The van der Waals surface area contributed by atoms with Gasteiger partial charge in [-0.05, 0) is 44.4 Å². The van der Waals surface area contributed by atoms with Gasteiger partial charge < -0.3 is 23.8 Å². The van der Waals surface area contributed by atoms with E-state index in [2.05, 4.69) is 0 Å². The summed E-state index contributed by atoms with van der Waals surface area (Å²) >= 11 is 0. The lowest BCUT2D eigenvalue weighted by Gasteiger charge is -2.30. The number of rotatable bonds is 10. The minimum absolute atomic E-state index is 0.0237. The van der Waals surface area contributed by atoms with Crippen molar-refractivity contribution in [1.29, 1.82) is 0 Å². The van der Waals surface area contributed by atoms with Crippen LogP contribution in [0.3, 0.4) is 0 Å². The molecule has 1 aromatic rings. The van der Waals surface area contributed by atoms with Gasteiger partial charge in [0.1, 0.15) is 0 Å². The highest BCUT2D eigenvalue weighted by Crippen LogP contribution is 2.31. The standard InChI is InChI=1S/C19H27NO6/c1-5-25-19(22)15(11-23-3)20(14-7-8-14)18(21)12-26-16-9-6-13(2)10-17(16)24-4/h6,9-10,14-15H,5,7-8,11-12H2,1-4H3/t15-/m0/s1. The van der Waals surface area contributed by atoms with E-state index in [9.17, 15) is 9.59 Å². The summed E-state index contributed by atoms with van der Waals surface area (Å²) in [7, 11) is 3.05. The van der Waals surface area contributed by atoms with Crippen LogP contribution in [-0.2, 0) is 19.1 Å². The van der Waals surface area contributed by atoms with Crippen LogP contribution in [0, 0.1) is 6.92 Å². The van der Waals surface area contributed by atoms with Crippen LogP contribution in [0.25, 0.3) is 0 Å². The molecule has 1 atom stereocenters. The number of carbonyl (C=O) groups is 2. The SMILES string of the molecule is CCOC(=O)[C@H](COC)N(C(=O)COc1ccc(C)cc1OC)C1CC1. The number of methoxy groups -OCH3 is 2. The van der Waals surface area contributed by atoms with Crippen LogP contribution in [0.1, 0.15) is 25.3 Å². The fourth-order valence-corrected chi connectivity index (χ4v) is 2.75. The Morgan fingerprint density at radius 1 is 1.23 bits per heavy atom. The minimum atomic E-state index is -0.761. The van der Waals surface area contributed by atoms with Gasteiger partial charge in [0.2, 0.25) is 0 Å². The van der Waals surface area contributed by atoms with Gasteiger partial charge >= 0.3 is 5.97 Å². The lowest BCUT2D eigenvalue weighted by Crippen LogP contribution is -2.51. The first-order valence-corrected chi connectivity index (χ1v) is 8.76. The highest BCUT2D eigenvalue weighted by Gasteiger charge is 2.41. The normalized spacial score (nSPS) is 14.5. The predicted molar refractivity (Wildman–Crippen MR) is 95.4 cm³/mol. The van der Waals surface area contributed by atoms with Crippen molar-refractivity contribution >= 4 is 11.9 Å². The maximum atomic E-state index is 12.8. The first-order valence-electron chi connectivity index (χ1n) is 8.76. The average molecular weight is 365 g/mol. The van der Waals surface area contributed by atoms with Crippen molar-refractivity contribution in [2.75, 3.05) is 34.0 Å². The first-order chi connectivity index (χ1) is 12.5. The Morgan fingerprint density at radius 3 is 2.54 bits per heavy atom. The second-order valence-corrected chi connectivity index (χ2v) is 6.20. The van der Waals surface area contributed by atoms with Gasteiger partial charge in [-0.3, -0.25) is 4.79 Å². The van der Waals surface area contributed by atoms with Crippen molar-refractivity contribution in [1.82, 2.24) is 4.90 Å². The number of ether oxygens (including phenoxy) is 4. The van der Waals surface area contributed by atoms with Crippen LogP contribution in [0.15, 0.2) is 18.2 Å². The van der Waals surface area contributed by atoms with Crippen LogP contribution in [0.2, 0.25) is 0 Å². The van der Waals surface area contributed by atoms with E-state index >= 15 is 0 Å². The summed E-state index contributed by atoms with van der Waals surface area (Å²) in [6, 6.07) is 4.75. The Bertz CT molecular complexity index is 628. The summed E-state index contributed by atoms with van der Waals surface area (Å²) in [5.41, 5.74) is 1.03. The van der Waals surface area contributed by atoms with Crippen molar-refractivity contribution in [3.8, 4) is 11.5 Å². The molecule has 144 valence electrons. The zero-order chi connectivity index (χ0) is 19.1. The maximum Gasteiger partial charge on any atom is 0.331 e. The van der Waals surface area contributed by atoms with Crippen LogP contribution >= 0.6 is 0 Å². The molecule has 7 heteroatoms. The molecule has 0 heterocycles. The quantitative estimate of drug-likeness (QED) is 0.590. The fourth-order valence-electron chi connectivity index (χ4n) is 2.75. The van der Waals surface area contributed by atoms with Crippen molar-refractivity contribution in [3.05, 3.63) is 23.8 Å². The number of hydrogen-bond donors (Lipinski definition) is 0. The molecular formula is C19H27NO6. The van der Waals surface area contributed by atoms with E-state index in [4.69, 9.17) is 18.9 Å². The van der Waals surface area contributed by atoms with E-state index in [0.29, 0.717) is 11.5 Å². The van der Waals surface area contributed by atoms with Gasteiger partial charge in [-0.2, -0.15) is 0 Å². The molecule has 0 radical (unpaired) electrons. The molecule has 0 aliphatic heterocycles. The van der Waals surface area contributed by atoms with Gasteiger partial charge in [0, 0.05) is 13.2 Å². The Morgan fingerprint density at radius 2 is 1.96 bits per heavy atom. The summed E-state index contributed by atoms with van der Waals surface area (Å²) < 4.78 is 21.2. The van der Waals surface area contributed by atoms with E-state index < -0.39 is 12.0 Å². The van der Waals surface area contributed by atoms with Crippen molar-refractivity contribution in [2.45, 2.75) is 38.8 Å². The van der Waals surface area contributed by atoms with E-state index in [1.54, 1.807) is 25.0 Å². The minimum Gasteiger partial charge on any atom is -0.493 e. The monoisotopic (exact) mass is 365 g/mol. The fraction of sp³-hybridized carbons (Fsp3) is 0.579. The molecule has 0 spiro atoms. The van der Waals surface area contributed by atoms with Crippen molar-refractivity contribution < 1.29 is 28.5 Å². The van der Waals surface area contributed by atoms with Crippen molar-refractivity contribution in [3.63, 3.8) is 0 Å². The van der Waals surface area contributed by atoms with Gasteiger partial charge in [0.25, 0.3) is 5.91 Å². The molecule has 0 unspecified atom stereocenters. The second kappa shape index (κ2) is 9.43. The molecule has 1 aliphatic rings. The van der Waals surface area contributed by atoms with Gasteiger partial charge in [0.15, 0.2) is 24.1 Å². The number of nitrogens with zero attached hydrogens (tertiary/aromatic N) is 1. The molecule has 0 bridgehead atoms. The second-order valence-electron chi connectivity index (χ2n) is 6.20. The van der Waals surface area contributed by atoms with Crippen LogP contribution in [-0.4, -0.2) is 62.9 Å². The molecular weight excluding hydrogens is 338 g/mol. The summed E-state index contributed by atoms with van der Waals surface area (Å²) in [6.07, 6.45) is 1.72. The van der Waals surface area contributed by atoms with E-state index in [1.807, 2.05) is 19.1 Å². The molecule has 26 heavy (non-hydrogen) atoms. The van der Waals surface area contributed by atoms with Gasteiger partial charge in [-0.25, -0.2) is 4.79 Å². The van der Waals surface area contributed by atoms with E-state index in [-0.39, 0.29) is 31.8 Å². The summed E-state index contributed by atoms with van der Waals surface area (Å²) in [5.74, 6) is 0.323. The number of aryl methyl sites for hydroxylation is 1.